The summed E-state index contributed by atoms with van der Waals surface area (Å²) in [5.41, 5.74) is 3.12. The van der Waals surface area contributed by atoms with Crippen molar-refractivity contribution in [3.8, 4) is 0 Å². The number of nitrogens with one attached hydrogen (secondary N) is 2. The molecule has 1 aliphatic rings. The molecule has 2 heterocycles. The minimum absolute atomic E-state index is 0.161. The van der Waals surface area contributed by atoms with Crippen LogP contribution in [0.15, 0.2) is 77.1 Å². The molecule has 0 spiro atoms. The van der Waals surface area contributed by atoms with E-state index in [9.17, 15) is 4.79 Å². The number of thioether (sulfide) groups is 1. The largest absolute Gasteiger partial charge is 0.328 e. The Balaban J connectivity index is 1.75. The van der Waals surface area contributed by atoms with Crippen LogP contribution < -0.4 is 10.6 Å². The molecule has 2 aromatic carbocycles. The Morgan fingerprint density at radius 1 is 1.15 bits per heavy atom. The number of rotatable bonds is 4. The quantitative estimate of drug-likeness (QED) is 0.674. The van der Waals surface area contributed by atoms with Gasteiger partial charge in [-0.1, -0.05) is 30.3 Å². The lowest BCUT2D eigenvalue weighted by atomic mass is 9.95. The molecule has 1 amide bonds. The molecule has 0 unspecified atom stereocenters. The van der Waals surface area contributed by atoms with Gasteiger partial charge in [-0.3, -0.25) is 4.79 Å². The molecule has 0 bridgehead atoms. The molecule has 1 aliphatic heterocycles. The van der Waals surface area contributed by atoms with E-state index >= 15 is 0 Å². The molecule has 0 saturated heterocycles. The summed E-state index contributed by atoms with van der Waals surface area (Å²) in [6.07, 6.45) is 3.54. The van der Waals surface area contributed by atoms with E-state index in [-0.39, 0.29) is 11.9 Å². The first-order valence-electron chi connectivity index (χ1n) is 8.55. The highest BCUT2D eigenvalue weighted by atomic mass is 32.2. The third-order valence-electron chi connectivity index (χ3n) is 4.50. The monoisotopic (exact) mass is 377 g/mol. The van der Waals surface area contributed by atoms with Crippen LogP contribution in [0.3, 0.4) is 0 Å². The van der Waals surface area contributed by atoms with Gasteiger partial charge in [0.1, 0.15) is 12.4 Å². The minimum atomic E-state index is -0.344. The van der Waals surface area contributed by atoms with Crippen molar-refractivity contribution in [1.82, 2.24) is 14.8 Å². The molecule has 0 fully saturated rings. The smallest absolute Gasteiger partial charge is 0.255 e. The van der Waals surface area contributed by atoms with Gasteiger partial charge >= 0.3 is 0 Å². The molecular weight excluding hydrogens is 358 g/mol. The zero-order valence-corrected chi connectivity index (χ0v) is 15.8. The maximum Gasteiger partial charge on any atom is 0.255 e. The Kier molecular flexibility index (Phi) is 4.68. The van der Waals surface area contributed by atoms with Crippen molar-refractivity contribution in [2.75, 3.05) is 16.9 Å². The lowest BCUT2D eigenvalue weighted by Gasteiger charge is -2.28. The summed E-state index contributed by atoms with van der Waals surface area (Å²) in [6, 6.07) is 17.3. The fourth-order valence-corrected chi connectivity index (χ4v) is 3.61. The van der Waals surface area contributed by atoms with Crippen LogP contribution >= 0.6 is 11.8 Å². The zero-order valence-electron chi connectivity index (χ0n) is 15.0. The molecule has 0 aliphatic carbocycles. The van der Waals surface area contributed by atoms with E-state index < -0.39 is 0 Å². The summed E-state index contributed by atoms with van der Waals surface area (Å²) in [5, 5.41) is 10.5. The van der Waals surface area contributed by atoms with Gasteiger partial charge in [-0.2, -0.15) is 10.1 Å². The number of amides is 1. The van der Waals surface area contributed by atoms with Gasteiger partial charge in [0.25, 0.3) is 5.91 Å². The summed E-state index contributed by atoms with van der Waals surface area (Å²) in [4.78, 5) is 18.6. The van der Waals surface area contributed by atoms with Crippen LogP contribution in [0, 0.1) is 0 Å². The maximum atomic E-state index is 13.1. The normalized spacial score (nSPS) is 15.9. The average molecular weight is 377 g/mol. The second-order valence-corrected chi connectivity index (χ2v) is 7.07. The number of allylic oxidation sites excluding steroid dienone is 1. The van der Waals surface area contributed by atoms with Crippen LogP contribution in [-0.2, 0) is 4.79 Å². The molecule has 2 N–H and O–H groups in total. The molecule has 136 valence electrons. The number of para-hydroxylation sites is 1. The first-order valence-corrected chi connectivity index (χ1v) is 9.77. The summed E-state index contributed by atoms with van der Waals surface area (Å²) < 4.78 is 1.75. The number of nitrogens with zero attached hydrogens (tertiary/aromatic N) is 3. The third kappa shape index (κ3) is 3.33. The number of aromatic nitrogens is 3. The van der Waals surface area contributed by atoms with E-state index in [0.717, 1.165) is 16.9 Å². The first-order chi connectivity index (χ1) is 13.2. The van der Waals surface area contributed by atoms with Crippen LogP contribution in [0.4, 0.5) is 11.6 Å². The van der Waals surface area contributed by atoms with Gasteiger partial charge in [-0.15, -0.1) is 11.8 Å². The van der Waals surface area contributed by atoms with E-state index in [0.29, 0.717) is 11.5 Å². The zero-order chi connectivity index (χ0) is 18.8. The van der Waals surface area contributed by atoms with Crippen LogP contribution in [0.25, 0.3) is 0 Å². The van der Waals surface area contributed by atoms with E-state index in [1.54, 1.807) is 16.4 Å². The number of carbonyl (C=O) groups is 1. The molecule has 1 aromatic heterocycles. The van der Waals surface area contributed by atoms with E-state index in [1.165, 1.54) is 11.2 Å². The fraction of sp³-hybridized carbons (Fsp3) is 0.150. The van der Waals surface area contributed by atoms with Gasteiger partial charge in [0.15, 0.2) is 0 Å². The maximum absolute atomic E-state index is 13.1. The van der Waals surface area contributed by atoms with Gasteiger partial charge in [0.05, 0.1) is 5.57 Å². The molecule has 1 atom stereocenters. The minimum Gasteiger partial charge on any atom is -0.328 e. The van der Waals surface area contributed by atoms with Gasteiger partial charge in [0, 0.05) is 16.3 Å². The first kappa shape index (κ1) is 17.4. The van der Waals surface area contributed by atoms with Gasteiger partial charge in [-0.05, 0) is 43.0 Å². The number of hydrogen-bond acceptors (Lipinski definition) is 5. The number of anilines is 2. The standard InChI is InChI=1S/C20H19N5OS/c1-13-17(19(26)24-15-6-4-3-5-7-15)18(25-20(23-13)21-12-22-25)14-8-10-16(27-2)11-9-14/h3-12,18H,1-2H3,(H,24,26)(H,21,22,23)/t18-/m0/s1. The third-order valence-corrected chi connectivity index (χ3v) is 5.25. The van der Waals surface area contributed by atoms with Crippen LogP contribution in [0.2, 0.25) is 0 Å². The highest BCUT2D eigenvalue weighted by Crippen LogP contribution is 2.35. The van der Waals surface area contributed by atoms with Crippen molar-refractivity contribution in [1.29, 1.82) is 0 Å². The van der Waals surface area contributed by atoms with Gasteiger partial charge in [0.2, 0.25) is 5.95 Å². The highest BCUT2D eigenvalue weighted by Gasteiger charge is 2.33. The van der Waals surface area contributed by atoms with Crippen molar-refractivity contribution in [2.24, 2.45) is 0 Å². The summed E-state index contributed by atoms with van der Waals surface area (Å²) in [5.74, 6) is 0.467. The number of fused-ring (bicyclic) bond motifs is 1. The second kappa shape index (κ2) is 7.28. The van der Waals surface area contributed by atoms with Gasteiger partial charge < -0.3 is 10.6 Å². The van der Waals surface area contributed by atoms with Gasteiger partial charge in [-0.25, -0.2) is 4.68 Å². The molecule has 27 heavy (non-hydrogen) atoms. The van der Waals surface area contributed by atoms with Crippen molar-refractivity contribution in [3.05, 3.63) is 77.8 Å². The highest BCUT2D eigenvalue weighted by molar-refractivity contribution is 7.98. The predicted octanol–water partition coefficient (Wildman–Crippen LogP) is 3.93. The molecule has 7 heteroatoms. The summed E-state index contributed by atoms with van der Waals surface area (Å²) in [7, 11) is 0. The Hall–Kier alpha value is -3.06. The fourth-order valence-electron chi connectivity index (χ4n) is 3.20. The molecular formula is C20H19N5OS. The SMILES string of the molecule is CSc1ccc([C@H]2C(C(=O)Nc3ccccc3)=C(C)Nc3ncnn32)cc1. The molecule has 0 saturated carbocycles. The topological polar surface area (TPSA) is 71.8 Å². The second-order valence-electron chi connectivity index (χ2n) is 6.19. The molecule has 3 aromatic rings. The van der Waals surface area contributed by atoms with Crippen LogP contribution in [-0.4, -0.2) is 26.9 Å². The molecule has 0 radical (unpaired) electrons. The predicted molar refractivity (Wildman–Crippen MR) is 108 cm³/mol. The Morgan fingerprint density at radius 3 is 2.59 bits per heavy atom. The number of hydrogen-bond donors (Lipinski definition) is 2. The number of benzene rings is 2. The average Bonchev–Trinajstić information content (AvgIpc) is 3.15. The number of carbonyl (C=O) groups excluding carboxylic acids is 1. The van der Waals surface area contributed by atoms with E-state index in [4.69, 9.17) is 0 Å². The van der Waals surface area contributed by atoms with Crippen LogP contribution in [0.1, 0.15) is 18.5 Å². The lowest BCUT2D eigenvalue weighted by molar-refractivity contribution is -0.113. The van der Waals surface area contributed by atoms with Crippen molar-refractivity contribution in [3.63, 3.8) is 0 Å². The molecule has 6 nitrogen and oxygen atoms in total. The van der Waals surface area contributed by atoms with Crippen molar-refractivity contribution in [2.45, 2.75) is 17.9 Å². The van der Waals surface area contributed by atoms with E-state index in [1.807, 2.05) is 55.6 Å². The van der Waals surface area contributed by atoms with Crippen molar-refractivity contribution < 1.29 is 4.79 Å². The van der Waals surface area contributed by atoms with Crippen molar-refractivity contribution >= 4 is 29.3 Å². The lowest BCUT2D eigenvalue weighted by Crippen LogP contribution is -2.31. The van der Waals surface area contributed by atoms with Crippen LogP contribution in [0.5, 0.6) is 0 Å². The Labute approximate surface area is 161 Å². The van der Waals surface area contributed by atoms with E-state index in [2.05, 4.69) is 32.8 Å². The Bertz CT molecular complexity index is 995. The summed E-state index contributed by atoms with van der Waals surface area (Å²) in [6.45, 7) is 1.89. The molecule has 4 rings (SSSR count). The summed E-state index contributed by atoms with van der Waals surface area (Å²) >= 11 is 1.68. The Morgan fingerprint density at radius 2 is 1.89 bits per heavy atom.